The molecule has 0 unspecified atom stereocenters. The number of amides is 1. The summed E-state index contributed by atoms with van der Waals surface area (Å²) in [6, 6.07) is 12.0. The van der Waals surface area contributed by atoms with E-state index in [1.165, 1.54) is 17.4 Å². The molecule has 0 bridgehead atoms. The summed E-state index contributed by atoms with van der Waals surface area (Å²) in [6.45, 7) is 2.01. The van der Waals surface area contributed by atoms with Gasteiger partial charge in [0.2, 0.25) is 0 Å². The van der Waals surface area contributed by atoms with Gasteiger partial charge in [-0.05, 0) is 48.9 Å². The molecule has 4 aromatic rings. The molecule has 8 nitrogen and oxygen atoms in total. The quantitative estimate of drug-likeness (QED) is 0.496. The molecule has 1 aliphatic heterocycles. The van der Waals surface area contributed by atoms with Crippen molar-refractivity contribution in [3.05, 3.63) is 53.7 Å². The van der Waals surface area contributed by atoms with Crippen molar-refractivity contribution in [1.29, 1.82) is 0 Å². The van der Waals surface area contributed by atoms with Crippen LogP contribution >= 0.6 is 11.3 Å². The van der Waals surface area contributed by atoms with Crippen molar-refractivity contribution in [2.45, 2.75) is 24.3 Å². The van der Waals surface area contributed by atoms with E-state index in [1.54, 1.807) is 18.2 Å². The number of aromatic nitrogens is 2. The van der Waals surface area contributed by atoms with Gasteiger partial charge in [0, 0.05) is 24.3 Å². The van der Waals surface area contributed by atoms with Crippen LogP contribution in [0.15, 0.2) is 51.9 Å². The van der Waals surface area contributed by atoms with Crippen LogP contribution in [0.25, 0.3) is 21.5 Å². The first-order valence-electron chi connectivity index (χ1n) is 9.45. The van der Waals surface area contributed by atoms with Crippen LogP contribution in [0.5, 0.6) is 5.75 Å². The Morgan fingerprint density at radius 2 is 2.03 bits per heavy atom. The molecule has 1 amide bonds. The van der Waals surface area contributed by atoms with Crippen LogP contribution in [0.4, 0.5) is 5.13 Å². The molecule has 1 N–H and O–H groups in total. The molecule has 10 heteroatoms. The van der Waals surface area contributed by atoms with E-state index in [1.807, 2.05) is 25.1 Å². The maximum Gasteiger partial charge on any atom is 0.279 e. The van der Waals surface area contributed by atoms with E-state index in [0.717, 1.165) is 29.6 Å². The minimum absolute atomic E-state index is 0.121. The fourth-order valence-corrected chi connectivity index (χ4v) is 5.07. The highest BCUT2D eigenvalue weighted by molar-refractivity contribution is 7.90. The lowest BCUT2D eigenvalue weighted by atomic mass is 10.1. The molecule has 3 heterocycles. The molecule has 1 atom stereocenters. The van der Waals surface area contributed by atoms with Crippen LogP contribution in [0, 0.1) is 0 Å². The van der Waals surface area contributed by atoms with Gasteiger partial charge in [-0.3, -0.25) is 10.1 Å². The first kappa shape index (κ1) is 19.7. The molecule has 0 saturated heterocycles. The van der Waals surface area contributed by atoms with Crippen LogP contribution in [-0.2, 0) is 16.3 Å². The number of nitrogens with zero attached hydrogens (tertiary/aromatic N) is 2. The number of rotatable bonds is 4. The Morgan fingerprint density at radius 3 is 2.84 bits per heavy atom. The van der Waals surface area contributed by atoms with Crippen LogP contribution in [-0.4, -0.2) is 36.8 Å². The maximum absolute atomic E-state index is 12.6. The number of fused-ring (bicyclic) bond motifs is 2. The summed E-state index contributed by atoms with van der Waals surface area (Å²) in [6.07, 6.45) is 2.11. The second kappa shape index (κ2) is 7.17. The zero-order valence-corrected chi connectivity index (χ0v) is 18.2. The monoisotopic (exact) mass is 455 g/mol. The predicted octanol–water partition coefficient (Wildman–Crippen LogP) is 3.93. The Hall–Kier alpha value is -3.24. The zero-order chi connectivity index (χ0) is 21.8. The summed E-state index contributed by atoms with van der Waals surface area (Å²) >= 11 is 1.19. The number of carbonyl (C=O) groups is 1. The summed E-state index contributed by atoms with van der Waals surface area (Å²) in [5.74, 6) is 0.883. The first-order valence-corrected chi connectivity index (χ1v) is 12.2. The lowest BCUT2D eigenvalue weighted by Crippen LogP contribution is -2.11. The summed E-state index contributed by atoms with van der Waals surface area (Å²) in [5, 5.41) is 6.92. The van der Waals surface area contributed by atoms with E-state index in [9.17, 15) is 13.2 Å². The smallest absolute Gasteiger partial charge is 0.279 e. The predicted molar refractivity (Wildman–Crippen MR) is 116 cm³/mol. The van der Waals surface area contributed by atoms with E-state index in [4.69, 9.17) is 9.26 Å². The molecule has 158 valence electrons. The number of anilines is 1. The highest BCUT2D eigenvalue weighted by atomic mass is 32.2. The molecule has 2 aromatic carbocycles. The number of sulfone groups is 1. The van der Waals surface area contributed by atoms with Crippen LogP contribution in [0.2, 0.25) is 0 Å². The third-order valence-corrected chi connectivity index (χ3v) is 6.98. The number of carbonyl (C=O) groups excluding carboxylic acids is 1. The van der Waals surface area contributed by atoms with Crippen molar-refractivity contribution in [2.24, 2.45) is 0 Å². The second-order valence-electron chi connectivity index (χ2n) is 7.41. The van der Waals surface area contributed by atoms with Gasteiger partial charge in [0.15, 0.2) is 26.4 Å². The second-order valence-corrected chi connectivity index (χ2v) is 10.5. The van der Waals surface area contributed by atoms with Crippen LogP contribution in [0.3, 0.4) is 0 Å². The van der Waals surface area contributed by atoms with E-state index >= 15 is 0 Å². The lowest BCUT2D eigenvalue weighted by Gasteiger charge is -2.02. The summed E-state index contributed by atoms with van der Waals surface area (Å²) in [7, 11) is -3.32. The van der Waals surface area contributed by atoms with Gasteiger partial charge >= 0.3 is 0 Å². The Morgan fingerprint density at radius 1 is 1.19 bits per heavy atom. The average Bonchev–Trinajstić information content (AvgIpc) is 3.42. The molecular weight excluding hydrogens is 438 g/mol. The molecule has 0 spiro atoms. The topological polar surface area (TPSA) is 111 Å². The SMILES string of the molecule is C[C@@H]1Cc2cc(-c3cc(C(=O)Nc4nc5ccc(S(C)(=O)=O)cc5s4)no3)ccc2O1. The third kappa shape index (κ3) is 3.79. The number of ether oxygens (including phenoxy) is 1. The highest BCUT2D eigenvalue weighted by Gasteiger charge is 2.21. The maximum atomic E-state index is 12.6. The molecule has 0 radical (unpaired) electrons. The average molecular weight is 456 g/mol. The Labute approximate surface area is 181 Å². The van der Waals surface area contributed by atoms with Crippen molar-refractivity contribution < 1.29 is 22.5 Å². The largest absolute Gasteiger partial charge is 0.490 e. The van der Waals surface area contributed by atoms with Crippen molar-refractivity contribution in [2.75, 3.05) is 11.6 Å². The standard InChI is InChI=1S/C21H17N3O5S2/c1-11-7-13-8-12(3-6-17(13)28-11)18-10-16(24-29-18)20(25)23-21-22-15-5-4-14(31(2,26)27)9-19(15)30-21/h3-6,8-11H,7H2,1-2H3,(H,22,23,25)/t11-/m1/s1. The fraction of sp³-hybridized carbons (Fsp3) is 0.190. The van der Waals surface area contributed by atoms with Crippen molar-refractivity contribution in [3.8, 4) is 17.1 Å². The lowest BCUT2D eigenvalue weighted by molar-refractivity contribution is 0.101. The van der Waals surface area contributed by atoms with Gasteiger partial charge in [0.05, 0.1) is 15.1 Å². The van der Waals surface area contributed by atoms with E-state index in [0.29, 0.717) is 21.1 Å². The third-order valence-electron chi connectivity index (χ3n) is 4.93. The Bertz CT molecular complexity index is 1440. The molecule has 31 heavy (non-hydrogen) atoms. The molecule has 2 aromatic heterocycles. The molecule has 0 aliphatic carbocycles. The Balaban J connectivity index is 1.36. The van der Waals surface area contributed by atoms with Gasteiger partial charge in [0.1, 0.15) is 11.9 Å². The van der Waals surface area contributed by atoms with Gasteiger partial charge in [-0.15, -0.1) is 0 Å². The normalized spacial score (nSPS) is 15.6. The van der Waals surface area contributed by atoms with Gasteiger partial charge in [-0.25, -0.2) is 13.4 Å². The fourth-order valence-electron chi connectivity index (χ4n) is 3.44. The van der Waals surface area contributed by atoms with Gasteiger partial charge < -0.3 is 9.26 Å². The van der Waals surface area contributed by atoms with Crippen LogP contribution in [0.1, 0.15) is 23.0 Å². The van der Waals surface area contributed by atoms with E-state index in [-0.39, 0.29) is 16.7 Å². The van der Waals surface area contributed by atoms with Gasteiger partial charge in [-0.2, -0.15) is 0 Å². The van der Waals surface area contributed by atoms with Crippen LogP contribution < -0.4 is 10.1 Å². The molecule has 0 fully saturated rings. The van der Waals surface area contributed by atoms with E-state index < -0.39 is 15.7 Å². The number of hydrogen-bond donors (Lipinski definition) is 1. The highest BCUT2D eigenvalue weighted by Crippen LogP contribution is 2.33. The van der Waals surface area contributed by atoms with Crippen molar-refractivity contribution in [1.82, 2.24) is 10.1 Å². The molecular formula is C21H17N3O5S2. The molecule has 0 saturated carbocycles. The number of thiazole rings is 1. The zero-order valence-electron chi connectivity index (χ0n) is 16.6. The minimum atomic E-state index is -3.32. The number of hydrogen-bond acceptors (Lipinski definition) is 8. The molecule has 1 aliphatic rings. The Kier molecular flexibility index (Phi) is 4.56. The number of benzene rings is 2. The minimum Gasteiger partial charge on any atom is -0.490 e. The van der Waals surface area contributed by atoms with Gasteiger partial charge in [0.25, 0.3) is 5.91 Å². The van der Waals surface area contributed by atoms with E-state index in [2.05, 4.69) is 15.5 Å². The molecule has 5 rings (SSSR count). The first-order chi connectivity index (χ1) is 14.8. The van der Waals surface area contributed by atoms with Crippen molar-refractivity contribution >= 4 is 42.4 Å². The summed E-state index contributed by atoms with van der Waals surface area (Å²) in [4.78, 5) is 17.1. The summed E-state index contributed by atoms with van der Waals surface area (Å²) < 4.78 is 35.2. The van der Waals surface area contributed by atoms with Crippen molar-refractivity contribution in [3.63, 3.8) is 0 Å². The summed E-state index contributed by atoms with van der Waals surface area (Å²) in [5.41, 5.74) is 2.63. The number of nitrogens with one attached hydrogen (secondary N) is 1. The van der Waals surface area contributed by atoms with Gasteiger partial charge in [-0.1, -0.05) is 16.5 Å².